The minimum atomic E-state index is 0.498. The van der Waals surface area contributed by atoms with Crippen LogP contribution >= 0.6 is 11.3 Å². The Bertz CT molecular complexity index is 199. The fourth-order valence-corrected chi connectivity index (χ4v) is 1.20. The van der Waals surface area contributed by atoms with Gasteiger partial charge in [0.2, 0.25) is 5.88 Å². The molecule has 1 aromatic heterocycles. The maximum Gasteiger partial charge on any atom is 0.224 e. The number of aromatic nitrogens is 1. The van der Waals surface area contributed by atoms with Crippen molar-refractivity contribution in [3.05, 3.63) is 10.4 Å². The number of thiazole rings is 1. The first-order valence-electron chi connectivity index (χ1n) is 3.14. The van der Waals surface area contributed by atoms with E-state index in [1.165, 1.54) is 11.3 Å². The maximum atomic E-state index is 5.35. The summed E-state index contributed by atoms with van der Waals surface area (Å²) in [5.74, 6) is 0.688. The molecule has 1 heterocycles. The summed E-state index contributed by atoms with van der Waals surface area (Å²) >= 11 is 1.53. The van der Waals surface area contributed by atoms with Crippen LogP contribution in [0.1, 0.15) is 11.9 Å². The molecule has 4 heteroatoms. The third-order valence-electron chi connectivity index (χ3n) is 0.998. The molecule has 0 saturated heterocycles. The molecule has 0 aliphatic rings. The van der Waals surface area contributed by atoms with Gasteiger partial charge in [-0.25, -0.2) is 4.98 Å². The van der Waals surface area contributed by atoms with E-state index < -0.39 is 0 Å². The first-order chi connectivity index (χ1) is 4.86. The van der Waals surface area contributed by atoms with Crippen molar-refractivity contribution in [3.8, 4) is 5.88 Å². The standard InChI is InChI=1S/C6H10N2OS/c1-2-9-5-4-10-6(3-7)8-5/h4H,2-3,7H2,1H3. The minimum absolute atomic E-state index is 0.498. The average molecular weight is 158 g/mol. The van der Waals surface area contributed by atoms with Crippen molar-refractivity contribution < 1.29 is 4.74 Å². The van der Waals surface area contributed by atoms with Gasteiger partial charge in [-0.3, -0.25) is 0 Å². The predicted octanol–water partition coefficient (Wildman–Crippen LogP) is 1.00. The van der Waals surface area contributed by atoms with E-state index in [0.29, 0.717) is 19.0 Å². The second kappa shape index (κ2) is 3.53. The zero-order valence-corrected chi connectivity index (χ0v) is 6.65. The topological polar surface area (TPSA) is 48.1 Å². The van der Waals surface area contributed by atoms with Crippen LogP contribution in [-0.4, -0.2) is 11.6 Å². The highest BCUT2D eigenvalue weighted by Crippen LogP contribution is 2.14. The molecule has 0 fully saturated rings. The van der Waals surface area contributed by atoms with Crippen LogP contribution in [0.5, 0.6) is 5.88 Å². The Kier molecular flexibility index (Phi) is 2.65. The number of nitrogens with two attached hydrogens (primary N) is 1. The molecular weight excluding hydrogens is 148 g/mol. The summed E-state index contributed by atoms with van der Waals surface area (Å²) in [4.78, 5) is 4.09. The van der Waals surface area contributed by atoms with Gasteiger partial charge in [0, 0.05) is 6.54 Å². The third kappa shape index (κ3) is 1.68. The lowest BCUT2D eigenvalue weighted by atomic mass is 10.7. The van der Waals surface area contributed by atoms with Crippen LogP contribution in [-0.2, 0) is 6.54 Å². The molecule has 0 spiro atoms. The Morgan fingerprint density at radius 3 is 3.10 bits per heavy atom. The Morgan fingerprint density at radius 2 is 2.60 bits per heavy atom. The van der Waals surface area contributed by atoms with Gasteiger partial charge in [-0.1, -0.05) is 0 Å². The van der Waals surface area contributed by atoms with Crippen LogP contribution in [0, 0.1) is 0 Å². The van der Waals surface area contributed by atoms with Crippen molar-refractivity contribution in [3.63, 3.8) is 0 Å². The summed E-state index contributed by atoms with van der Waals surface area (Å²) in [6.45, 7) is 3.09. The first kappa shape index (κ1) is 7.50. The van der Waals surface area contributed by atoms with Crippen LogP contribution in [0.4, 0.5) is 0 Å². The molecule has 0 aliphatic heterocycles. The number of ether oxygens (including phenoxy) is 1. The fourth-order valence-electron chi connectivity index (χ4n) is 0.602. The molecule has 0 aromatic carbocycles. The van der Waals surface area contributed by atoms with Crippen LogP contribution in [0.15, 0.2) is 5.38 Å². The molecule has 2 N–H and O–H groups in total. The molecule has 1 rings (SSSR count). The van der Waals surface area contributed by atoms with E-state index in [-0.39, 0.29) is 0 Å². The summed E-state index contributed by atoms with van der Waals surface area (Å²) in [6.07, 6.45) is 0. The Morgan fingerprint density at radius 1 is 1.80 bits per heavy atom. The average Bonchev–Trinajstić information content (AvgIpc) is 2.37. The lowest BCUT2D eigenvalue weighted by Crippen LogP contribution is -1.96. The van der Waals surface area contributed by atoms with Crippen molar-refractivity contribution >= 4 is 11.3 Å². The second-order valence-corrected chi connectivity index (χ2v) is 2.66. The third-order valence-corrected chi connectivity index (χ3v) is 1.85. The number of hydrogen-bond acceptors (Lipinski definition) is 4. The zero-order valence-electron chi connectivity index (χ0n) is 5.83. The van der Waals surface area contributed by atoms with Crippen molar-refractivity contribution in [2.45, 2.75) is 13.5 Å². The lowest BCUT2D eigenvalue weighted by molar-refractivity contribution is 0.328. The number of rotatable bonds is 3. The molecule has 10 heavy (non-hydrogen) atoms. The van der Waals surface area contributed by atoms with Crippen LogP contribution in [0.25, 0.3) is 0 Å². The molecule has 56 valence electrons. The molecule has 0 radical (unpaired) electrons. The Labute approximate surface area is 63.8 Å². The molecule has 0 bridgehead atoms. The van der Waals surface area contributed by atoms with Gasteiger partial charge >= 0.3 is 0 Å². The summed E-state index contributed by atoms with van der Waals surface area (Å²) in [6, 6.07) is 0. The van der Waals surface area contributed by atoms with E-state index in [1.807, 2.05) is 12.3 Å². The second-order valence-electron chi connectivity index (χ2n) is 1.72. The molecule has 3 nitrogen and oxygen atoms in total. The highest BCUT2D eigenvalue weighted by Gasteiger charge is 1.98. The molecule has 0 amide bonds. The van der Waals surface area contributed by atoms with Gasteiger partial charge < -0.3 is 10.5 Å². The van der Waals surface area contributed by atoms with Crippen molar-refractivity contribution in [1.82, 2.24) is 4.98 Å². The van der Waals surface area contributed by atoms with Crippen molar-refractivity contribution in [2.75, 3.05) is 6.61 Å². The lowest BCUT2D eigenvalue weighted by Gasteiger charge is -1.93. The predicted molar refractivity (Wildman–Crippen MR) is 41.2 cm³/mol. The van der Waals surface area contributed by atoms with E-state index in [4.69, 9.17) is 10.5 Å². The monoisotopic (exact) mass is 158 g/mol. The van der Waals surface area contributed by atoms with Gasteiger partial charge in [0.05, 0.1) is 12.0 Å². The van der Waals surface area contributed by atoms with Crippen molar-refractivity contribution in [1.29, 1.82) is 0 Å². The van der Waals surface area contributed by atoms with Crippen LogP contribution in [0.2, 0.25) is 0 Å². The largest absolute Gasteiger partial charge is 0.477 e. The summed E-state index contributed by atoms with van der Waals surface area (Å²) in [5.41, 5.74) is 5.35. The van der Waals surface area contributed by atoms with Gasteiger partial charge in [0.1, 0.15) is 5.01 Å². The van der Waals surface area contributed by atoms with E-state index in [2.05, 4.69) is 4.98 Å². The van der Waals surface area contributed by atoms with Gasteiger partial charge in [0.25, 0.3) is 0 Å². The molecule has 0 atom stereocenters. The fraction of sp³-hybridized carbons (Fsp3) is 0.500. The first-order valence-corrected chi connectivity index (χ1v) is 4.02. The minimum Gasteiger partial charge on any atom is -0.477 e. The smallest absolute Gasteiger partial charge is 0.224 e. The van der Waals surface area contributed by atoms with Crippen molar-refractivity contribution in [2.24, 2.45) is 5.73 Å². The summed E-state index contributed by atoms with van der Waals surface area (Å²) < 4.78 is 5.13. The van der Waals surface area contributed by atoms with Gasteiger partial charge in [-0.05, 0) is 6.92 Å². The normalized spacial score (nSPS) is 9.80. The highest BCUT2D eigenvalue weighted by molar-refractivity contribution is 7.09. The van der Waals surface area contributed by atoms with E-state index in [1.54, 1.807) is 0 Å². The summed E-state index contributed by atoms with van der Waals surface area (Å²) in [5, 5.41) is 2.79. The zero-order chi connectivity index (χ0) is 7.40. The highest BCUT2D eigenvalue weighted by atomic mass is 32.1. The van der Waals surface area contributed by atoms with Gasteiger partial charge in [0.15, 0.2) is 0 Å². The van der Waals surface area contributed by atoms with E-state index in [0.717, 1.165) is 5.01 Å². The number of hydrogen-bond donors (Lipinski definition) is 1. The molecule has 0 saturated carbocycles. The Hall–Kier alpha value is -0.610. The van der Waals surface area contributed by atoms with E-state index in [9.17, 15) is 0 Å². The molecule has 0 aliphatic carbocycles. The number of nitrogens with zero attached hydrogens (tertiary/aromatic N) is 1. The Balaban J connectivity index is 2.59. The van der Waals surface area contributed by atoms with Gasteiger partial charge in [-0.15, -0.1) is 11.3 Å². The SMILES string of the molecule is CCOc1csc(CN)n1. The van der Waals surface area contributed by atoms with Gasteiger partial charge in [-0.2, -0.15) is 0 Å². The molecular formula is C6H10N2OS. The maximum absolute atomic E-state index is 5.35. The van der Waals surface area contributed by atoms with E-state index >= 15 is 0 Å². The molecule has 0 unspecified atom stereocenters. The quantitative estimate of drug-likeness (QED) is 0.714. The van der Waals surface area contributed by atoms with Crippen LogP contribution < -0.4 is 10.5 Å². The molecule has 1 aromatic rings. The van der Waals surface area contributed by atoms with Crippen LogP contribution in [0.3, 0.4) is 0 Å². The summed E-state index contributed by atoms with van der Waals surface area (Å²) in [7, 11) is 0.